The van der Waals surface area contributed by atoms with Crippen molar-refractivity contribution < 1.29 is 9.84 Å². The van der Waals surface area contributed by atoms with Crippen LogP contribution in [0.15, 0.2) is 47.5 Å². The minimum absolute atomic E-state index is 0.282. The van der Waals surface area contributed by atoms with Crippen molar-refractivity contribution in [3.05, 3.63) is 70.3 Å². The zero-order chi connectivity index (χ0) is 17.3. The van der Waals surface area contributed by atoms with E-state index in [1.807, 2.05) is 45.0 Å². The maximum Gasteiger partial charge on any atom is 0.217 e. The van der Waals surface area contributed by atoms with Crippen molar-refractivity contribution in [1.29, 1.82) is 5.26 Å². The van der Waals surface area contributed by atoms with E-state index in [1.165, 1.54) is 0 Å². The predicted molar refractivity (Wildman–Crippen MR) is 93.0 cm³/mol. The molecule has 4 nitrogen and oxygen atoms in total. The van der Waals surface area contributed by atoms with Crippen LogP contribution in [0.4, 0.5) is 0 Å². The number of nitrogens with zero attached hydrogens (tertiary/aromatic N) is 2. The van der Waals surface area contributed by atoms with E-state index in [4.69, 9.17) is 4.74 Å². The Kier molecular flexibility index (Phi) is 4.13. The number of rotatable bonds is 3. The summed E-state index contributed by atoms with van der Waals surface area (Å²) in [4.78, 5) is 4.60. The molecular weight excluding hydrogens is 300 g/mol. The molecule has 0 aliphatic carbocycles. The number of nitriles is 1. The van der Waals surface area contributed by atoms with E-state index >= 15 is 0 Å². The lowest BCUT2D eigenvalue weighted by atomic mass is 9.94. The molecule has 0 saturated heterocycles. The van der Waals surface area contributed by atoms with Crippen molar-refractivity contribution in [2.75, 3.05) is 6.61 Å². The molecule has 1 aliphatic heterocycles. The minimum atomic E-state index is -0.844. The van der Waals surface area contributed by atoms with Crippen LogP contribution < -0.4 is 0 Å². The molecule has 1 aliphatic rings. The minimum Gasteiger partial charge on any atom is -0.475 e. The molecule has 2 aromatic carbocycles. The average molecular weight is 320 g/mol. The normalized spacial score (nSPS) is 16.9. The first-order valence-electron chi connectivity index (χ1n) is 7.91. The maximum absolute atomic E-state index is 10.9. The van der Waals surface area contributed by atoms with Gasteiger partial charge in [0.15, 0.2) is 0 Å². The smallest absolute Gasteiger partial charge is 0.217 e. The van der Waals surface area contributed by atoms with Crippen molar-refractivity contribution in [3.63, 3.8) is 0 Å². The fourth-order valence-corrected chi connectivity index (χ4v) is 2.70. The summed E-state index contributed by atoms with van der Waals surface area (Å²) in [7, 11) is 0. The fraction of sp³-hybridized carbons (Fsp3) is 0.300. The second kappa shape index (κ2) is 6.10. The molecule has 0 saturated carbocycles. The van der Waals surface area contributed by atoms with E-state index in [2.05, 4.69) is 11.1 Å². The summed E-state index contributed by atoms with van der Waals surface area (Å²) < 4.78 is 5.73. The van der Waals surface area contributed by atoms with Crippen molar-refractivity contribution in [1.82, 2.24) is 0 Å². The summed E-state index contributed by atoms with van der Waals surface area (Å²) >= 11 is 0. The monoisotopic (exact) mass is 320 g/mol. The molecule has 1 atom stereocenters. The Morgan fingerprint density at radius 2 is 1.92 bits per heavy atom. The molecule has 1 heterocycles. The van der Waals surface area contributed by atoms with Crippen LogP contribution in [0.25, 0.3) is 0 Å². The van der Waals surface area contributed by atoms with Gasteiger partial charge in [0.05, 0.1) is 17.2 Å². The molecule has 0 fully saturated rings. The first kappa shape index (κ1) is 16.2. The van der Waals surface area contributed by atoms with E-state index in [-0.39, 0.29) is 5.54 Å². The van der Waals surface area contributed by atoms with Gasteiger partial charge in [-0.25, -0.2) is 4.99 Å². The molecular formula is C20H20N2O2. The van der Waals surface area contributed by atoms with Gasteiger partial charge in [-0.2, -0.15) is 5.26 Å². The van der Waals surface area contributed by atoms with Crippen LogP contribution in [0.5, 0.6) is 0 Å². The summed E-state index contributed by atoms with van der Waals surface area (Å²) in [6.45, 7) is 6.50. The van der Waals surface area contributed by atoms with Gasteiger partial charge in [0.2, 0.25) is 5.90 Å². The van der Waals surface area contributed by atoms with Gasteiger partial charge in [-0.3, -0.25) is 0 Å². The second-order valence-corrected chi connectivity index (χ2v) is 6.75. The Morgan fingerprint density at radius 3 is 2.50 bits per heavy atom. The topological polar surface area (TPSA) is 65.6 Å². The van der Waals surface area contributed by atoms with Gasteiger partial charge >= 0.3 is 0 Å². The van der Waals surface area contributed by atoms with E-state index in [1.54, 1.807) is 18.2 Å². The number of aliphatic hydroxyl groups is 1. The average Bonchev–Trinajstić information content (AvgIpc) is 2.94. The first-order valence-corrected chi connectivity index (χ1v) is 7.91. The third-order valence-electron chi connectivity index (χ3n) is 4.07. The Labute approximate surface area is 142 Å². The van der Waals surface area contributed by atoms with Crippen LogP contribution in [-0.2, 0) is 4.74 Å². The molecule has 0 radical (unpaired) electrons. The largest absolute Gasteiger partial charge is 0.475 e. The third-order valence-corrected chi connectivity index (χ3v) is 4.07. The molecule has 24 heavy (non-hydrogen) atoms. The summed E-state index contributed by atoms with van der Waals surface area (Å²) in [6, 6.07) is 15.0. The number of ether oxygens (including phenoxy) is 1. The van der Waals surface area contributed by atoms with Crippen molar-refractivity contribution >= 4 is 5.90 Å². The van der Waals surface area contributed by atoms with Crippen LogP contribution in [0.1, 0.15) is 47.8 Å². The number of aliphatic hydroxyl groups excluding tert-OH is 1. The van der Waals surface area contributed by atoms with Crippen LogP contribution in [-0.4, -0.2) is 23.2 Å². The zero-order valence-corrected chi connectivity index (χ0v) is 14.1. The number of hydrogen-bond donors (Lipinski definition) is 1. The van der Waals surface area contributed by atoms with E-state index in [0.717, 1.165) is 16.7 Å². The third kappa shape index (κ3) is 3.17. The molecule has 1 N–H and O–H groups in total. The van der Waals surface area contributed by atoms with Crippen LogP contribution >= 0.6 is 0 Å². The van der Waals surface area contributed by atoms with E-state index < -0.39 is 6.10 Å². The molecule has 0 spiro atoms. The van der Waals surface area contributed by atoms with Gasteiger partial charge in [0.25, 0.3) is 0 Å². The highest BCUT2D eigenvalue weighted by atomic mass is 16.5. The van der Waals surface area contributed by atoms with Crippen LogP contribution in [0.3, 0.4) is 0 Å². The number of aryl methyl sites for hydroxylation is 1. The highest BCUT2D eigenvalue weighted by Crippen LogP contribution is 2.30. The predicted octanol–water partition coefficient (Wildman–Crippen LogP) is 3.50. The van der Waals surface area contributed by atoms with Crippen LogP contribution in [0, 0.1) is 18.3 Å². The Hall–Kier alpha value is -2.64. The standard InChI is InChI=1S/C20H20N2O2/c1-13-4-7-15(8-5-13)18(23)17-10-14(11-21)6-9-16(17)19-22-20(2,3)12-24-19/h4-10,18,23H,12H2,1-3H3. The fourth-order valence-electron chi connectivity index (χ4n) is 2.70. The van der Waals surface area contributed by atoms with Gasteiger partial charge in [0.1, 0.15) is 12.7 Å². The van der Waals surface area contributed by atoms with Crippen LogP contribution in [0.2, 0.25) is 0 Å². The quantitative estimate of drug-likeness (QED) is 0.941. The van der Waals surface area contributed by atoms with E-state index in [0.29, 0.717) is 23.6 Å². The molecule has 4 heteroatoms. The van der Waals surface area contributed by atoms with Crippen molar-refractivity contribution in [3.8, 4) is 6.07 Å². The molecule has 0 bridgehead atoms. The highest BCUT2D eigenvalue weighted by molar-refractivity contribution is 5.97. The Morgan fingerprint density at radius 1 is 1.21 bits per heavy atom. The number of aliphatic imine (C=N–C) groups is 1. The lowest BCUT2D eigenvalue weighted by molar-refractivity contribution is 0.219. The lowest BCUT2D eigenvalue weighted by Crippen LogP contribution is -2.17. The van der Waals surface area contributed by atoms with Gasteiger partial charge in [-0.15, -0.1) is 0 Å². The van der Waals surface area contributed by atoms with Crippen molar-refractivity contribution in [2.45, 2.75) is 32.4 Å². The molecule has 2 aromatic rings. The molecule has 122 valence electrons. The van der Waals surface area contributed by atoms with Gasteiger partial charge in [-0.1, -0.05) is 29.8 Å². The highest BCUT2D eigenvalue weighted by Gasteiger charge is 2.29. The number of benzene rings is 2. The van der Waals surface area contributed by atoms with Gasteiger partial charge < -0.3 is 9.84 Å². The second-order valence-electron chi connectivity index (χ2n) is 6.75. The SMILES string of the molecule is Cc1ccc(C(O)c2cc(C#N)ccc2C2=NC(C)(C)CO2)cc1. The molecule has 0 amide bonds. The first-order chi connectivity index (χ1) is 11.4. The Bertz CT molecular complexity index is 830. The van der Waals surface area contributed by atoms with Gasteiger partial charge in [0, 0.05) is 5.56 Å². The lowest BCUT2D eigenvalue weighted by Gasteiger charge is -2.16. The summed E-state index contributed by atoms with van der Waals surface area (Å²) in [5.41, 5.74) is 3.48. The summed E-state index contributed by atoms with van der Waals surface area (Å²) in [5, 5.41) is 20.1. The molecule has 3 rings (SSSR count). The van der Waals surface area contributed by atoms with E-state index in [9.17, 15) is 10.4 Å². The summed E-state index contributed by atoms with van der Waals surface area (Å²) in [6.07, 6.45) is -0.844. The maximum atomic E-state index is 10.9. The summed E-state index contributed by atoms with van der Waals surface area (Å²) in [5.74, 6) is 0.519. The number of hydrogen-bond acceptors (Lipinski definition) is 4. The van der Waals surface area contributed by atoms with Gasteiger partial charge in [-0.05, 0) is 50.1 Å². The van der Waals surface area contributed by atoms with Crippen molar-refractivity contribution in [2.24, 2.45) is 4.99 Å². The zero-order valence-electron chi connectivity index (χ0n) is 14.1. The molecule has 0 aromatic heterocycles. The Balaban J connectivity index is 2.08. The molecule has 1 unspecified atom stereocenters.